The van der Waals surface area contributed by atoms with Gasteiger partial charge in [0.15, 0.2) is 0 Å². The van der Waals surface area contributed by atoms with Gasteiger partial charge in [0, 0.05) is 5.92 Å². The Hall–Kier alpha value is 0.01000. The van der Waals surface area contributed by atoms with Gasteiger partial charge in [-0.05, 0) is 15.9 Å². The van der Waals surface area contributed by atoms with E-state index in [-0.39, 0.29) is 10.6 Å². The van der Waals surface area contributed by atoms with Gasteiger partial charge >= 0.3 is 8.25 Å². The molecule has 0 aromatic heterocycles. The molecule has 0 aromatic rings. The van der Waals surface area contributed by atoms with Crippen LogP contribution in [0.3, 0.4) is 0 Å². The maximum absolute atomic E-state index is 10.3. The second-order valence-corrected chi connectivity index (χ2v) is 3.82. The van der Waals surface area contributed by atoms with Gasteiger partial charge in [-0.25, -0.2) is 4.57 Å². The van der Waals surface area contributed by atoms with Gasteiger partial charge in [-0.15, -0.1) is 0 Å². The van der Waals surface area contributed by atoms with Crippen LogP contribution < -0.4 is 0 Å². The predicted octanol–water partition coefficient (Wildman–Crippen LogP) is 2.25. The molecular weight excluding hydrogens is 247 g/mol. The smallest absolute Gasteiger partial charge is 0.365 e. The van der Waals surface area contributed by atoms with Crippen LogP contribution in [-0.4, -0.2) is 12.0 Å². The maximum Gasteiger partial charge on any atom is 0.365 e. The highest BCUT2D eigenvalue weighted by Gasteiger charge is 2.11. The summed E-state index contributed by atoms with van der Waals surface area (Å²) in [5.74, 6) is 0.619. The van der Waals surface area contributed by atoms with Crippen molar-refractivity contribution in [3.8, 4) is 0 Å². The number of methoxy groups -OCH3 is 1. The molecule has 0 aliphatic carbocycles. The number of ether oxygens (including phenoxy) is 1. The molecular formula is C6H12BrO4P. The molecule has 0 saturated carbocycles. The molecule has 0 aromatic carbocycles. The predicted molar refractivity (Wildman–Crippen MR) is 50.1 cm³/mol. The Bertz CT molecular complexity index is 202. The van der Waals surface area contributed by atoms with Crippen LogP contribution in [0.15, 0.2) is 10.4 Å². The zero-order chi connectivity index (χ0) is 9.72. The Morgan fingerprint density at radius 3 is 2.33 bits per heavy atom. The molecule has 0 bridgehead atoms. The number of hydrogen-bond donors (Lipinski definition) is 1. The van der Waals surface area contributed by atoms with Crippen LogP contribution in [0.5, 0.6) is 0 Å². The van der Waals surface area contributed by atoms with Crippen molar-refractivity contribution in [3.05, 3.63) is 10.4 Å². The fourth-order valence-corrected chi connectivity index (χ4v) is 1.96. The minimum absolute atomic E-state index is 0.103. The quantitative estimate of drug-likeness (QED) is 0.621. The minimum atomic E-state index is -2.96. The van der Waals surface area contributed by atoms with E-state index in [2.05, 4.69) is 20.5 Å². The highest BCUT2D eigenvalue weighted by atomic mass is 79.9. The average molecular weight is 259 g/mol. The molecule has 12 heavy (non-hydrogen) atoms. The summed E-state index contributed by atoms with van der Waals surface area (Å²) in [6, 6.07) is 0. The van der Waals surface area contributed by atoms with Crippen LogP contribution in [0.25, 0.3) is 0 Å². The van der Waals surface area contributed by atoms with Crippen molar-refractivity contribution in [2.75, 3.05) is 7.11 Å². The first kappa shape index (κ1) is 12.0. The standard InChI is InChI=1S/C6H12BrO4P/c1-4(2)5(10-3)6(7)11-12(8)9/h4,12H,1-3H3,(H,8,9). The average Bonchev–Trinajstić information content (AvgIpc) is 1.85. The van der Waals surface area contributed by atoms with Gasteiger partial charge in [0.1, 0.15) is 5.76 Å². The Kier molecular flexibility index (Phi) is 5.63. The van der Waals surface area contributed by atoms with Crippen molar-refractivity contribution in [1.82, 2.24) is 0 Å². The lowest BCUT2D eigenvalue weighted by molar-refractivity contribution is 0.232. The zero-order valence-corrected chi connectivity index (χ0v) is 9.71. The molecule has 1 unspecified atom stereocenters. The summed E-state index contributed by atoms with van der Waals surface area (Å²) >= 11 is 3.00. The van der Waals surface area contributed by atoms with Gasteiger partial charge in [-0.2, -0.15) is 0 Å². The summed E-state index contributed by atoms with van der Waals surface area (Å²) < 4.78 is 20.0. The lowest BCUT2D eigenvalue weighted by atomic mass is 10.2. The normalized spacial score (nSPS) is 15.5. The molecule has 0 rings (SSSR count). The van der Waals surface area contributed by atoms with Gasteiger partial charge in [0.25, 0.3) is 0 Å². The summed E-state index contributed by atoms with van der Waals surface area (Å²) in [5, 5.41) is 0. The van der Waals surface area contributed by atoms with Crippen molar-refractivity contribution in [2.24, 2.45) is 5.92 Å². The Morgan fingerprint density at radius 1 is 1.58 bits per heavy atom. The molecule has 0 heterocycles. The van der Waals surface area contributed by atoms with Crippen LogP contribution in [0.1, 0.15) is 13.8 Å². The van der Waals surface area contributed by atoms with Crippen molar-refractivity contribution >= 4 is 24.2 Å². The molecule has 4 nitrogen and oxygen atoms in total. The summed E-state index contributed by atoms with van der Waals surface area (Å²) in [6.07, 6.45) is 0. The third-order valence-electron chi connectivity index (χ3n) is 1.11. The topological polar surface area (TPSA) is 55.8 Å². The van der Waals surface area contributed by atoms with Gasteiger partial charge in [0.2, 0.25) is 4.67 Å². The first-order chi connectivity index (χ1) is 5.49. The van der Waals surface area contributed by atoms with Gasteiger partial charge in [-0.3, -0.25) is 0 Å². The maximum atomic E-state index is 10.3. The SMILES string of the molecule is COC(=C(Br)O[PH](=O)O)C(C)C. The highest BCUT2D eigenvalue weighted by molar-refractivity contribution is 9.11. The summed E-state index contributed by atoms with van der Waals surface area (Å²) in [6.45, 7) is 3.77. The van der Waals surface area contributed by atoms with E-state index in [1.165, 1.54) is 7.11 Å². The van der Waals surface area contributed by atoms with Crippen LogP contribution >= 0.6 is 24.2 Å². The Balaban J connectivity index is 4.48. The number of hydrogen-bond acceptors (Lipinski definition) is 3. The fraction of sp³-hybridized carbons (Fsp3) is 0.667. The van der Waals surface area contributed by atoms with E-state index in [0.717, 1.165) is 0 Å². The van der Waals surface area contributed by atoms with E-state index in [0.29, 0.717) is 5.76 Å². The highest BCUT2D eigenvalue weighted by Crippen LogP contribution is 2.29. The molecule has 72 valence electrons. The molecule has 0 spiro atoms. The number of halogens is 1. The molecule has 1 atom stereocenters. The van der Waals surface area contributed by atoms with E-state index < -0.39 is 8.25 Å². The second-order valence-electron chi connectivity index (χ2n) is 2.36. The molecule has 0 fully saturated rings. The third-order valence-corrected chi connectivity index (χ3v) is 2.35. The molecule has 0 aliphatic heterocycles. The van der Waals surface area contributed by atoms with E-state index in [4.69, 9.17) is 9.63 Å². The van der Waals surface area contributed by atoms with Crippen molar-refractivity contribution in [2.45, 2.75) is 13.8 Å². The lowest BCUT2D eigenvalue weighted by Crippen LogP contribution is -1.99. The number of allylic oxidation sites excluding steroid dienone is 1. The van der Waals surface area contributed by atoms with E-state index in [1.54, 1.807) is 0 Å². The minimum Gasteiger partial charge on any atom is -0.496 e. The van der Waals surface area contributed by atoms with Crippen molar-refractivity contribution in [3.63, 3.8) is 0 Å². The van der Waals surface area contributed by atoms with Crippen LogP contribution in [0.4, 0.5) is 0 Å². The molecule has 0 saturated heterocycles. The Labute approximate surface area is 80.6 Å². The molecule has 0 radical (unpaired) electrons. The van der Waals surface area contributed by atoms with Gasteiger partial charge in [0.05, 0.1) is 7.11 Å². The third kappa shape index (κ3) is 4.14. The number of rotatable bonds is 4. The largest absolute Gasteiger partial charge is 0.496 e. The van der Waals surface area contributed by atoms with Crippen molar-refractivity contribution < 1.29 is 18.7 Å². The first-order valence-corrected chi connectivity index (χ1v) is 5.39. The van der Waals surface area contributed by atoms with Gasteiger partial charge < -0.3 is 14.2 Å². The molecule has 1 N–H and O–H groups in total. The Morgan fingerprint density at radius 2 is 2.08 bits per heavy atom. The molecule has 6 heteroatoms. The van der Waals surface area contributed by atoms with Crippen molar-refractivity contribution in [1.29, 1.82) is 0 Å². The monoisotopic (exact) mass is 258 g/mol. The second kappa shape index (κ2) is 5.62. The summed E-state index contributed by atoms with van der Waals surface area (Å²) in [4.78, 5) is 8.45. The van der Waals surface area contributed by atoms with Crippen LogP contribution in [0.2, 0.25) is 0 Å². The van der Waals surface area contributed by atoms with E-state index in [9.17, 15) is 4.57 Å². The summed E-state index contributed by atoms with van der Waals surface area (Å²) in [7, 11) is -1.48. The molecule has 0 amide bonds. The van der Waals surface area contributed by atoms with E-state index >= 15 is 0 Å². The van der Waals surface area contributed by atoms with E-state index in [1.807, 2.05) is 13.8 Å². The first-order valence-electron chi connectivity index (χ1n) is 3.33. The zero-order valence-electron chi connectivity index (χ0n) is 7.13. The molecule has 0 aliphatic rings. The van der Waals surface area contributed by atoms with Crippen LogP contribution in [0, 0.1) is 5.92 Å². The fourth-order valence-electron chi connectivity index (χ4n) is 0.670. The lowest BCUT2D eigenvalue weighted by Gasteiger charge is -2.11. The van der Waals surface area contributed by atoms with Gasteiger partial charge in [-0.1, -0.05) is 13.8 Å². The van der Waals surface area contributed by atoms with Crippen LogP contribution in [-0.2, 0) is 13.8 Å². The summed E-state index contributed by atoms with van der Waals surface area (Å²) in [5.41, 5.74) is 0.